The minimum Gasteiger partial charge on any atom is -0.297 e. The van der Waals surface area contributed by atoms with Gasteiger partial charge in [-0.2, -0.15) is 0 Å². The molecule has 76 valence electrons. The van der Waals surface area contributed by atoms with Crippen molar-refractivity contribution in [1.82, 2.24) is 0 Å². The summed E-state index contributed by atoms with van der Waals surface area (Å²) in [6, 6.07) is 7.44. The molecule has 2 rings (SSSR count). The number of carbonyl (C=O) groups excluding carboxylic acids is 2. The van der Waals surface area contributed by atoms with Gasteiger partial charge in [-0.1, -0.05) is 0 Å². The first-order valence-electron chi connectivity index (χ1n) is 4.37. The second-order valence-electron chi connectivity index (χ2n) is 3.04. The molecule has 2 aromatic rings. The van der Waals surface area contributed by atoms with Gasteiger partial charge < -0.3 is 0 Å². The first-order valence-corrected chi connectivity index (χ1v) is 6.00. The maximum Gasteiger partial charge on any atom is 0.169 e. The smallest absolute Gasteiger partial charge is 0.169 e. The van der Waals surface area contributed by atoms with Gasteiger partial charge in [0.2, 0.25) is 0 Å². The van der Waals surface area contributed by atoms with Crippen molar-refractivity contribution >= 4 is 34.7 Å². The Kier molecular flexibility index (Phi) is 2.79. The standard InChI is InChI=1S/C11H8O2S2/c1-7(13)9-4-5-11(15-9)10-3-2-8(6-12)14-10/h2-6H,1H3. The monoisotopic (exact) mass is 236 g/mol. The lowest BCUT2D eigenvalue weighted by molar-refractivity contribution is 0.102. The third kappa shape index (κ3) is 2.06. The lowest BCUT2D eigenvalue weighted by Crippen LogP contribution is -1.83. The van der Waals surface area contributed by atoms with Crippen LogP contribution < -0.4 is 0 Å². The molecule has 0 fully saturated rings. The Morgan fingerprint density at radius 2 is 1.80 bits per heavy atom. The molecule has 2 aromatic heterocycles. The summed E-state index contributed by atoms with van der Waals surface area (Å²) in [6.07, 6.45) is 0.841. The van der Waals surface area contributed by atoms with Crippen LogP contribution in [-0.2, 0) is 0 Å². The maximum absolute atomic E-state index is 11.1. The van der Waals surface area contributed by atoms with Crippen molar-refractivity contribution in [3.8, 4) is 9.75 Å². The molecule has 0 N–H and O–H groups in total. The van der Waals surface area contributed by atoms with Crippen LogP contribution in [0.2, 0.25) is 0 Å². The van der Waals surface area contributed by atoms with E-state index in [1.807, 2.05) is 18.2 Å². The van der Waals surface area contributed by atoms with Crippen molar-refractivity contribution in [2.75, 3.05) is 0 Å². The first kappa shape index (κ1) is 10.3. The first-order chi connectivity index (χ1) is 7.20. The molecule has 0 bridgehead atoms. The SMILES string of the molecule is CC(=O)c1ccc(-c2ccc(C=O)s2)s1. The molecule has 0 spiro atoms. The molecule has 0 radical (unpaired) electrons. The van der Waals surface area contributed by atoms with Crippen LogP contribution in [0, 0.1) is 0 Å². The third-order valence-electron chi connectivity index (χ3n) is 1.94. The molecule has 15 heavy (non-hydrogen) atoms. The lowest BCUT2D eigenvalue weighted by Gasteiger charge is -1.88. The molecular weight excluding hydrogens is 228 g/mol. The summed E-state index contributed by atoms with van der Waals surface area (Å²) in [5.41, 5.74) is 0. The van der Waals surface area contributed by atoms with Crippen LogP contribution in [0.25, 0.3) is 9.75 Å². The van der Waals surface area contributed by atoms with E-state index < -0.39 is 0 Å². The Bertz CT molecular complexity index is 508. The number of thiophene rings is 2. The van der Waals surface area contributed by atoms with Crippen LogP contribution in [0.4, 0.5) is 0 Å². The van der Waals surface area contributed by atoms with Crippen LogP contribution in [0.15, 0.2) is 24.3 Å². The fourth-order valence-electron chi connectivity index (χ4n) is 1.21. The predicted molar refractivity (Wildman–Crippen MR) is 63.0 cm³/mol. The van der Waals surface area contributed by atoms with E-state index in [0.717, 1.165) is 20.9 Å². The summed E-state index contributed by atoms with van der Waals surface area (Å²) >= 11 is 2.90. The summed E-state index contributed by atoms with van der Waals surface area (Å²) in [7, 11) is 0. The van der Waals surface area contributed by atoms with E-state index >= 15 is 0 Å². The van der Waals surface area contributed by atoms with Gasteiger partial charge in [0.25, 0.3) is 0 Å². The zero-order chi connectivity index (χ0) is 10.8. The van der Waals surface area contributed by atoms with Gasteiger partial charge in [-0.05, 0) is 31.2 Å². The fourth-order valence-corrected chi connectivity index (χ4v) is 3.02. The minimum atomic E-state index is 0.0819. The van der Waals surface area contributed by atoms with Crippen molar-refractivity contribution in [3.63, 3.8) is 0 Å². The van der Waals surface area contributed by atoms with Gasteiger partial charge in [0.1, 0.15) is 0 Å². The van der Waals surface area contributed by atoms with Crippen molar-refractivity contribution in [2.24, 2.45) is 0 Å². The lowest BCUT2D eigenvalue weighted by atomic mass is 10.3. The van der Waals surface area contributed by atoms with Gasteiger partial charge in [-0.3, -0.25) is 9.59 Å². The highest BCUT2D eigenvalue weighted by molar-refractivity contribution is 7.23. The molecule has 0 atom stereocenters. The average Bonchev–Trinajstić information content (AvgIpc) is 2.86. The van der Waals surface area contributed by atoms with Crippen molar-refractivity contribution in [3.05, 3.63) is 34.0 Å². The molecule has 2 heterocycles. The summed E-state index contributed by atoms with van der Waals surface area (Å²) in [5, 5.41) is 0. The Balaban J connectivity index is 2.36. The molecule has 2 nitrogen and oxygen atoms in total. The van der Waals surface area contributed by atoms with E-state index in [0.29, 0.717) is 4.88 Å². The molecule has 0 saturated carbocycles. The number of carbonyl (C=O) groups is 2. The van der Waals surface area contributed by atoms with Crippen LogP contribution >= 0.6 is 22.7 Å². The molecule has 0 unspecified atom stereocenters. The highest BCUT2D eigenvalue weighted by Gasteiger charge is 2.08. The largest absolute Gasteiger partial charge is 0.297 e. The summed E-state index contributed by atoms with van der Waals surface area (Å²) in [5.74, 6) is 0.0819. The molecule has 0 aliphatic carbocycles. The summed E-state index contributed by atoms with van der Waals surface area (Å²) < 4.78 is 0. The normalized spacial score (nSPS) is 10.2. The Morgan fingerprint density at radius 1 is 1.13 bits per heavy atom. The number of aldehydes is 1. The molecule has 0 saturated heterocycles. The van der Waals surface area contributed by atoms with Crippen molar-refractivity contribution in [1.29, 1.82) is 0 Å². The molecule has 0 aliphatic rings. The van der Waals surface area contributed by atoms with Gasteiger partial charge >= 0.3 is 0 Å². The molecule has 0 aromatic carbocycles. The molecule has 0 amide bonds. The minimum absolute atomic E-state index is 0.0819. The quantitative estimate of drug-likeness (QED) is 0.604. The van der Waals surface area contributed by atoms with Crippen LogP contribution in [0.5, 0.6) is 0 Å². The van der Waals surface area contributed by atoms with E-state index in [9.17, 15) is 9.59 Å². The topological polar surface area (TPSA) is 34.1 Å². The van der Waals surface area contributed by atoms with E-state index in [1.54, 1.807) is 13.0 Å². The Morgan fingerprint density at radius 3 is 2.33 bits per heavy atom. The van der Waals surface area contributed by atoms with Crippen molar-refractivity contribution in [2.45, 2.75) is 6.92 Å². The Hall–Kier alpha value is -1.26. The van der Waals surface area contributed by atoms with Crippen LogP contribution in [-0.4, -0.2) is 12.1 Å². The number of rotatable bonds is 3. The average molecular weight is 236 g/mol. The van der Waals surface area contributed by atoms with Gasteiger partial charge in [0.05, 0.1) is 9.75 Å². The fraction of sp³-hybridized carbons (Fsp3) is 0.0909. The maximum atomic E-state index is 11.1. The highest BCUT2D eigenvalue weighted by Crippen LogP contribution is 2.33. The molecular formula is C11H8O2S2. The highest BCUT2D eigenvalue weighted by atomic mass is 32.1. The predicted octanol–water partition coefficient (Wildman–Crippen LogP) is 3.49. The van der Waals surface area contributed by atoms with Crippen LogP contribution in [0.1, 0.15) is 26.3 Å². The zero-order valence-electron chi connectivity index (χ0n) is 8.02. The molecule has 0 aliphatic heterocycles. The number of ketones is 1. The van der Waals surface area contributed by atoms with E-state index in [4.69, 9.17) is 0 Å². The Labute approximate surface area is 95.2 Å². The van der Waals surface area contributed by atoms with Gasteiger partial charge in [0, 0.05) is 9.75 Å². The molecule has 4 heteroatoms. The third-order valence-corrected chi connectivity index (χ3v) is 4.33. The van der Waals surface area contributed by atoms with Gasteiger partial charge in [-0.15, -0.1) is 22.7 Å². The van der Waals surface area contributed by atoms with Crippen molar-refractivity contribution < 1.29 is 9.59 Å². The van der Waals surface area contributed by atoms with E-state index in [2.05, 4.69) is 0 Å². The number of hydrogen-bond acceptors (Lipinski definition) is 4. The zero-order valence-corrected chi connectivity index (χ0v) is 9.65. The van der Waals surface area contributed by atoms with E-state index in [1.165, 1.54) is 22.7 Å². The second-order valence-corrected chi connectivity index (χ2v) is 5.24. The summed E-state index contributed by atoms with van der Waals surface area (Å²) in [4.78, 5) is 25.2. The van der Waals surface area contributed by atoms with E-state index in [-0.39, 0.29) is 5.78 Å². The van der Waals surface area contributed by atoms with Gasteiger partial charge in [0.15, 0.2) is 12.1 Å². The van der Waals surface area contributed by atoms with Crippen LogP contribution in [0.3, 0.4) is 0 Å². The summed E-state index contributed by atoms with van der Waals surface area (Å²) in [6.45, 7) is 1.56. The van der Waals surface area contributed by atoms with Gasteiger partial charge in [-0.25, -0.2) is 0 Å². The number of hydrogen-bond donors (Lipinski definition) is 0. The second kappa shape index (κ2) is 4.08. The number of Topliss-reactive ketones (excluding diaryl/α,β-unsaturated/α-hetero) is 1.